The summed E-state index contributed by atoms with van der Waals surface area (Å²) in [6.45, 7) is 2.38. The molecule has 1 aromatic heterocycles. The maximum Gasteiger partial charge on any atom is 0.322 e. The molecule has 0 spiro atoms. The van der Waals surface area contributed by atoms with Gasteiger partial charge < -0.3 is 40.8 Å². The first-order valence-electron chi connectivity index (χ1n) is 17.6. The normalized spacial score (nSPS) is 14.1. The van der Waals surface area contributed by atoms with Gasteiger partial charge in [0, 0.05) is 57.9 Å². The van der Waals surface area contributed by atoms with Crippen molar-refractivity contribution in [3.63, 3.8) is 0 Å². The summed E-state index contributed by atoms with van der Waals surface area (Å²) in [5, 5.41) is 30.7. The largest absolute Gasteiger partial charge is 0.506 e. The summed E-state index contributed by atoms with van der Waals surface area (Å²) in [6.07, 6.45) is 0.544. The third-order valence-electron chi connectivity index (χ3n) is 9.14. The van der Waals surface area contributed by atoms with E-state index in [1.54, 1.807) is 12.1 Å². The number of fused-ring (bicyclic) bond motifs is 1. The number of carboxylic acids is 1. The van der Waals surface area contributed by atoms with Crippen molar-refractivity contribution in [3.05, 3.63) is 111 Å². The van der Waals surface area contributed by atoms with Crippen molar-refractivity contribution in [1.29, 1.82) is 0 Å². The molecule has 1 aliphatic rings. The number of rotatable bonds is 16. The standard InChI is InChI=1S/C39H44N6O9/c1-44-31-13-12-27(20-28(31)35(49)34(39(44)53)38(52)41-24-33(47)48)23-40-36(50)29(21-25-8-4-2-5-9-25)43-37(51)30(22-26-10-6-3-7-11-26)42-32(46)14-15-45-16-18-54-19-17-45/h2-13,20,29-30,49H,14-19,21-24H2,1H3,(H,40,50)(H,41,52)(H,42,46)(H,43,51)(H,47,48)/t29-,30+/m0/s1. The Morgan fingerprint density at radius 1 is 0.796 bits per heavy atom. The first kappa shape index (κ1) is 39.2. The molecular weight excluding hydrogens is 696 g/mol. The molecule has 4 aromatic rings. The lowest BCUT2D eigenvalue weighted by Gasteiger charge is -2.27. The Morgan fingerprint density at radius 3 is 2.02 bits per heavy atom. The molecule has 54 heavy (non-hydrogen) atoms. The summed E-state index contributed by atoms with van der Waals surface area (Å²) in [5.74, 6) is -4.33. The second kappa shape index (κ2) is 18.6. The molecule has 1 aliphatic heterocycles. The molecule has 0 saturated carbocycles. The van der Waals surface area contributed by atoms with Gasteiger partial charge in [0.1, 0.15) is 29.9 Å². The highest BCUT2D eigenvalue weighted by Crippen LogP contribution is 2.27. The number of aliphatic carboxylic acids is 1. The molecule has 15 nitrogen and oxygen atoms in total. The zero-order valence-electron chi connectivity index (χ0n) is 29.9. The van der Waals surface area contributed by atoms with Crippen LogP contribution in [-0.2, 0) is 50.3 Å². The lowest BCUT2D eigenvalue weighted by molar-refractivity contribution is -0.135. The van der Waals surface area contributed by atoms with Gasteiger partial charge in [-0.3, -0.25) is 33.7 Å². The summed E-state index contributed by atoms with van der Waals surface area (Å²) in [4.78, 5) is 79.5. The van der Waals surface area contributed by atoms with Crippen molar-refractivity contribution in [3.8, 4) is 5.75 Å². The molecule has 1 fully saturated rings. The van der Waals surface area contributed by atoms with Gasteiger partial charge in [-0.2, -0.15) is 0 Å². The van der Waals surface area contributed by atoms with Crippen LogP contribution in [0.25, 0.3) is 10.9 Å². The summed E-state index contributed by atoms with van der Waals surface area (Å²) >= 11 is 0. The topological polar surface area (TPSA) is 208 Å². The molecule has 0 unspecified atom stereocenters. The molecular formula is C39H44N6O9. The number of morpholine rings is 1. The number of ether oxygens (including phenoxy) is 1. The smallest absolute Gasteiger partial charge is 0.322 e. The number of carboxylic acid groups (broad SMARTS) is 1. The van der Waals surface area contributed by atoms with Gasteiger partial charge in [-0.15, -0.1) is 0 Å². The van der Waals surface area contributed by atoms with E-state index in [0.29, 0.717) is 30.8 Å². The fourth-order valence-electron chi connectivity index (χ4n) is 6.19. The number of pyridine rings is 1. The molecule has 3 aromatic carbocycles. The van der Waals surface area contributed by atoms with Gasteiger partial charge in [0.25, 0.3) is 11.5 Å². The highest BCUT2D eigenvalue weighted by atomic mass is 16.5. The van der Waals surface area contributed by atoms with Gasteiger partial charge in [-0.05, 0) is 28.8 Å². The molecule has 5 rings (SSSR count). The van der Waals surface area contributed by atoms with Gasteiger partial charge in [0.05, 0.1) is 18.7 Å². The Morgan fingerprint density at radius 2 is 1.41 bits per heavy atom. The predicted molar refractivity (Wildman–Crippen MR) is 199 cm³/mol. The predicted octanol–water partition coefficient (Wildman–Crippen LogP) is 0.852. The van der Waals surface area contributed by atoms with Crippen LogP contribution in [-0.4, -0.2) is 101 Å². The van der Waals surface area contributed by atoms with Crippen molar-refractivity contribution in [2.75, 3.05) is 39.4 Å². The molecule has 0 bridgehead atoms. The molecule has 284 valence electrons. The van der Waals surface area contributed by atoms with E-state index in [0.717, 1.165) is 28.8 Å². The summed E-state index contributed by atoms with van der Waals surface area (Å²) in [5.41, 5.74) is 0.986. The average Bonchev–Trinajstić information content (AvgIpc) is 3.18. The lowest BCUT2D eigenvalue weighted by atomic mass is 10.0. The molecule has 4 amide bonds. The van der Waals surface area contributed by atoms with Crippen molar-refractivity contribution in [1.82, 2.24) is 30.7 Å². The van der Waals surface area contributed by atoms with E-state index in [1.165, 1.54) is 13.1 Å². The zero-order chi connectivity index (χ0) is 38.6. The Balaban J connectivity index is 1.33. The highest BCUT2D eigenvalue weighted by molar-refractivity contribution is 6.03. The minimum absolute atomic E-state index is 0.0511. The van der Waals surface area contributed by atoms with Crippen molar-refractivity contribution in [2.24, 2.45) is 7.05 Å². The van der Waals surface area contributed by atoms with E-state index < -0.39 is 59.2 Å². The minimum Gasteiger partial charge on any atom is -0.506 e. The van der Waals surface area contributed by atoms with E-state index in [9.17, 15) is 33.9 Å². The number of nitrogens with one attached hydrogen (secondary N) is 4. The second-order valence-corrected chi connectivity index (χ2v) is 13.0. The number of hydrogen-bond acceptors (Lipinski definition) is 9. The van der Waals surface area contributed by atoms with Crippen molar-refractivity contribution >= 4 is 40.5 Å². The number of nitrogens with zero attached hydrogens (tertiary/aromatic N) is 2. The van der Waals surface area contributed by atoms with Crippen molar-refractivity contribution < 1.29 is 38.9 Å². The third-order valence-corrected chi connectivity index (χ3v) is 9.14. The number of amides is 4. The highest BCUT2D eigenvalue weighted by Gasteiger charge is 2.28. The number of carbonyl (C=O) groups is 5. The van der Waals surface area contributed by atoms with Crippen LogP contribution in [0.2, 0.25) is 0 Å². The van der Waals surface area contributed by atoms with Crippen LogP contribution in [0.4, 0.5) is 0 Å². The maximum atomic E-state index is 13.9. The Hall–Kier alpha value is -6.06. The molecule has 2 heterocycles. The molecule has 0 aliphatic carbocycles. The Bertz CT molecular complexity index is 2030. The number of benzene rings is 3. The number of aromatic nitrogens is 1. The molecule has 2 atom stereocenters. The average molecular weight is 741 g/mol. The van der Waals surface area contributed by atoms with E-state index >= 15 is 0 Å². The fourth-order valence-corrected chi connectivity index (χ4v) is 6.19. The monoisotopic (exact) mass is 740 g/mol. The number of carbonyl (C=O) groups excluding carboxylic acids is 4. The number of aryl methyl sites for hydroxylation is 1. The number of hydrogen-bond donors (Lipinski definition) is 6. The molecule has 0 radical (unpaired) electrons. The van der Waals surface area contributed by atoms with Crippen LogP contribution in [0, 0.1) is 0 Å². The maximum absolute atomic E-state index is 13.9. The Labute approximate surface area is 311 Å². The second-order valence-electron chi connectivity index (χ2n) is 13.0. The summed E-state index contributed by atoms with van der Waals surface area (Å²) in [7, 11) is 1.41. The van der Waals surface area contributed by atoms with Gasteiger partial charge in [-0.25, -0.2) is 0 Å². The van der Waals surface area contributed by atoms with E-state index in [-0.39, 0.29) is 37.1 Å². The van der Waals surface area contributed by atoms with Crippen LogP contribution in [0.3, 0.4) is 0 Å². The van der Waals surface area contributed by atoms with E-state index in [1.807, 2.05) is 60.7 Å². The molecule has 6 N–H and O–H groups in total. The molecule has 15 heteroatoms. The van der Waals surface area contributed by atoms with E-state index in [2.05, 4.69) is 26.2 Å². The Kier molecular flexibility index (Phi) is 13.5. The van der Waals surface area contributed by atoms with Crippen LogP contribution < -0.4 is 26.8 Å². The first-order chi connectivity index (χ1) is 26.0. The summed E-state index contributed by atoms with van der Waals surface area (Å²) < 4.78 is 6.55. The van der Waals surface area contributed by atoms with Crippen LogP contribution in [0.1, 0.15) is 33.5 Å². The zero-order valence-corrected chi connectivity index (χ0v) is 29.9. The molecule has 1 saturated heterocycles. The van der Waals surface area contributed by atoms with Gasteiger partial charge >= 0.3 is 5.97 Å². The number of aromatic hydroxyl groups is 1. The third kappa shape index (κ3) is 10.5. The van der Waals surface area contributed by atoms with Gasteiger partial charge in [-0.1, -0.05) is 66.7 Å². The van der Waals surface area contributed by atoms with Crippen LogP contribution in [0.15, 0.2) is 83.7 Å². The fraction of sp³-hybridized carbons (Fsp3) is 0.333. The SMILES string of the molecule is Cn1c(=O)c(C(=O)NCC(=O)O)c(O)c2cc(CNC(=O)[C@H](Cc3ccccc3)NC(=O)[C@@H](Cc3ccccc3)NC(=O)CCN3CCOCC3)ccc21. The minimum atomic E-state index is -1.32. The van der Waals surface area contributed by atoms with Crippen LogP contribution in [0.5, 0.6) is 5.75 Å². The summed E-state index contributed by atoms with van der Waals surface area (Å²) in [6, 6.07) is 21.1. The quantitative estimate of drug-likeness (QED) is 0.0955. The van der Waals surface area contributed by atoms with E-state index in [4.69, 9.17) is 9.84 Å². The lowest BCUT2D eigenvalue weighted by Crippen LogP contribution is -2.55. The van der Waals surface area contributed by atoms with Gasteiger partial charge in [0.2, 0.25) is 17.7 Å². The van der Waals surface area contributed by atoms with Crippen LogP contribution >= 0.6 is 0 Å². The van der Waals surface area contributed by atoms with Gasteiger partial charge in [0.15, 0.2) is 0 Å². The van der Waals surface area contributed by atoms with Crippen molar-refractivity contribution in [2.45, 2.75) is 37.9 Å². The first-order valence-corrected chi connectivity index (χ1v) is 17.6.